The van der Waals surface area contributed by atoms with Crippen LogP contribution in [0.4, 0.5) is 0 Å². The number of fused-ring (bicyclic) bond motifs is 1. The molecule has 4 aliphatic rings. The Morgan fingerprint density at radius 2 is 1.97 bits per heavy atom. The van der Waals surface area contributed by atoms with E-state index in [9.17, 15) is 34.8 Å². The molecule has 10 atom stereocenters. The van der Waals surface area contributed by atoms with Gasteiger partial charge in [-0.1, -0.05) is 26.7 Å². The van der Waals surface area contributed by atoms with Gasteiger partial charge in [0.1, 0.15) is 18.5 Å². The zero-order valence-corrected chi connectivity index (χ0v) is 17.8. The van der Waals surface area contributed by atoms with Crippen LogP contribution < -0.4 is 0 Å². The fraction of sp³-hybridized carbons (Fsp3) is 0.857. The number of carbonyl (C=O) groups excluding carboxylic acids is 3. The molecule has 4 N–H and O–H groups in total. The van der Waals surface area contributed by atoms with E-state index in [4.69, 9.17) is 14.2 Å². The number of aliphatic hydroxyl groups is 4. The number of cyclic esters (lactones) is 1. The Balaban J connectivity index is 2.05. The van der Waals surface area contributed by atoms with Crippen molar-refractivity contribution in [1.29, 1.82) is 0 Å². The van der Waals surface area contributed by atoms with Crippen molar-refractivity contribution in [3.63, 3.8) is 0 Å². The second kappa shape index (κ2) is 6.95. The van der Waals surface area contributed by atoms with Gasteiger partial charge in [0.2, 0.25) is 5.60 Å². The van der Waals surface area contributed by atoms with Crippen LogP contribution >= 0.6 is 0 Å². The molecular weight excluding hydrogens is 412 g/mol. The summed E-state index contributed by atoms with van der Waals surface area (Å²) in [6.07, 6.45) is -4.66. The van der Waals surface area contributed by atoms with Crippen LogP contribution in [0.25, 0.3) is 0 Å². The molecule has 0 aromatic heterocycles. The Labute approximate surface area is 179 Å². The molecule has 1 aliphatic carbocycles. The van der Waals surface area contributed by atoms with Gasteiger partial charge >= 0.3 is 11.9 Å². The number of hydrogen-bond acceptors (Lipinski definition) is 10. The van der Waals surface area contributed by atoms with E-state index < -0.39 is 70.4 Å². The highest BCUT2D eigenvalue weighted by Gasteiger charge is 2.94. The lowest BCUT2D eigenvalue weighted by Crippen LogP contribution is -2.70. The second-order valence-corrected chi connectivity index (χ2v) is 9.48. The molecule has 4 fully saturated rings. The molecule has 0 amide bonds. The molecule has 174 valence electrons. The van der Waals surface area contributed by atoms with E-state index in [1.54, 1.807) is 0 Å². The van der Waals surface area contributed by atoms with Crippen LogP contribution in [0.1, 0.15) is 46.5 Å². The maximum Gasteiger partial charge on any atom is 0.342 e. The molecule has 0 radical (unpaired) electrons. The minimum absolute atomic E-state index is 0.103. The van der Waals surface area contributed by atoms with Crippen molar-refractivity contribution in [3.8, 4) is 0 Å². The zero-order chi connectivity index (χ0) is 23.0. The van der Waals surface area contributed by atoms with Gasteiger partial charge in [-0.3, -0.25) is 4.79 Å². The Kier molecular flexibility index (Phi) is 5.07. The molecule has 10 nitrogen and oxygen atoms in total. The molecular formula is C21H30O10. The Morgan fingerprint density at radius 1 is 1.29 bits per heavy atom. The molecule has 4 rings (SSSR count). The van der Waals surface area contributed by atoms with Crippen LogP contribution in [0.3, 0.4) is 0 Å². The molecule has 3 saturated heterocycles. The lowest BCUT2D eigenvalue weighted by atomic mass is 9.48. The first-order valence-electron chi connectivity index (χ1n) is 10.8. The number of rotatable bonds is 5. The minimum atomic E-state index is -2.44. The monoisotopic (exact) mass is 442 g/mol. The number of esters is 2. The van der Waals surface area contributed by atoms with Gasteiger partial charge in [0, 0.05) is 0 Å². The van der Waals surface area contributed by atoms with E-state index in [0.29, 0.717) is 12.8 Å². The molecule has 0 aromatic rings. The van der Waals surface area contributed by atoms with Gasteiger partial charge < -0.3 is 39.4 Å². The number of aldehydes is 1. The SMILES string of the molecule is CCCC[C@@H]1CCOC(=O)C23OC(O)[C@]1([C@@H](O)C=O)C2(C)[C@@H](O)C1OC(=O)[C@@H](C)[C@@]13O. The summed E-state index contributed by atoms with van der Waals surface area (Å²) in [7, 11) is 0. The third-order valence-corrected chi connectivity index (χ3v) is 8.65. The van der Waals surface area contributed by atoms with Gasteiger partial charge in [-0.2, -0.15) is 0 Å². The van der Waals surface area contributed by atoms with Crippen molar-refractivity contribution in [3.05, 3.63) is 0 Å². The van der Waals surface area contributed by atoms with Crippen LogP contribution in [0, 0.1) is 22.7 Å². The van der Waals surface area contributed by atoms with Crippen LogP contribution in [0.5, 0.6) is 0 Å². The van der Waals surface area contributed by atoms with Gasteiger partial charge in [-0.25, -0.2) is 4.79 Å². The van der Waals surface area contributed by atoms with Gasteiger partial charge in [0.25, 0.3) is 0 Å². The van der Waals surface area contributed by atoms with Crippen molar-refractivity contribution in [2.75, 3.05) is 6.61 Å². The molecule has 1 saturated carbocycles. The standard InChI is InChI=1S/C21H30O10/c1-4-5-6-11-7-8-29-17(27)21-18(3,19(11,12(23)9-22)16(26)31-21)13(24)14-20(21,28)10(2)15(25)30-14/h9-14,16,23-24,26,28H,4-8H2,1-3H3/t10-,11-,12+,13+,14?,16?,18?,19+,20-,21?/m1/s1. The lowest BCUT2D eigenvalue weighted by Gasteiger charge is -2.54. The smallest absolute Gasteiger partial charge is 0.342 e. The van der Waals surface area contributed by atoms with E-state index in [1.807, 2.05) is 6.92 Å². The summed E-state index contributed by atoms with van der Waals surface area (Å²) in [6.45, 7) is 4.58. The molecule has 0 aromatic carbocycles. The third-order valence-electron chi connectivity index (χ3n) is 8.65. The Hall–Kier alpha value is -1.59. The van der Waals surface area contributed by atoms with E-state index in [-0.39, 0.29) is 19.3 Å². The van der Waals surface area contributed by atoms with E-state index in [0.717, 1.165) is 6.42 Å². The van der Waals surface area contributed by atoms with Crippen molar-refractivity contribution in [2.24, 2.45) is 22.7 Å². The summed E-state index contributed by atoms with van der Waals surface area (Å²) < 4.78 is 16.5. The van der Waals surface area contributed by atoms with Crippen molar-refractivity contribution in [1.82, 2.24) is 0 Å². The highest BCUT2D eigenvalue weighted by Crippen LogP contribution is 2.75. The van der Waals surface area contributed by atoms with Gasteiger partial charge in [0.15, 0.2) is 18.0 Å². The largest absolute Gasteiger partial charge is 0.463 e. The second-order valence-electron chi connectivity index (χ2n) is 9.48. The van der Waals surface area contributed by atoms with E-state index in [2.05, 4.69) is 0 Å². The number of unbranched alkanes of at least 4 members (excludes halogenated alkanes) is 1. The summed E-state index contributed by atoms with van der Waals surface area (Å²) in [5.41, 5.74) is -8.59. The molecule has 4 unspecified atom stereocenters. The quantitative estimate of drug-likeness (QED) is 0.309. The third kappa shape index (κ3) is 2.13. The van der Waals surface area contributed by atoms with Crippen molar-refractivity contribution < 1.29 is 49.0 Å². The lowest BCUT2D eigenvalue weighted by molar-refractivity contribution is -0.248. The first kappa shape index (κ1) is 22.6. The minimum Gasteiger partial charge on any atom is -0.463 e. The number of ether oxygens (including phenoxy) is 3. The van der Waals surface area contributed by atoms with Crippen LogP contribution in [-0.2, 0) is 28.6 Å². The summed E-state index contributed by atoms with van der Waals surface area (Å²) in [4.78, 5) is 37.7. The number of aliphatic hydroxyl groups excluding tert-OH is 3. The first-order valence-corrected chi connectivity index (χ1v) is 10.8. The average molecular weight is 442 g/mol. The maximum absolute atomic E-state index is 13.4. The fourth-order valence-corrected chi connectivity index (χ4v) is 7.10. The van der Waals surface area contributed by atoms with Crippen LogP contribution in [0.2, 0.25) is 0 Å². The normalized spacial score (nSPS) is 51.9. The highest BCUT2D eigenvalue weighted by molar-refractivity contribution is 5.90. The van der Waals surface area contributed by atoms with Crippen molar-refractivity contribution in [2.45, 2.75) is 82.3 Å². The zero-order valence-electron chi connectivity index (χ0n) is 17.8. The molecule has 10 heteroatoms. The average Bonchev–Trinajstić information content (AvgIpc) is 3.17. The molecule has 2 bridgehead atoms. The van der Waals surface area contributed by atoms with Gasteiger partial charge in [0.05, 0.1) is 23.4 Å². The van der Waals surface area contributed by atoms with E-state index in [1.165, 1.54) is 13.8 Å². The molecule has 3 heterocycles. The Bertz CT molecular complexity index is 801. The fourth-order valence-electron chi connectivity index (χ4n) is 7.10. The molecule has 31 heavy (non-hydrogen) atoms. The van der Waals surface area contributed by atoms with Crippen molar-refractivity contribution >= 4 is 18.2 Å². The van der Waals surface area contributed by atoms with Gasteiger partial charge in [-0.05, 0) is 25.7 Å². The summed E-state index contributed by atoms with van der Waals surface area (Å²) in [6, 6.07) is 0. The predicted octanol–water partition coefficient (Wildman–Crippen LogP) is -0.953. The van der Waals surface area contributed by atoms with Crippen LogP contribution in [0.15, 0.2) is 0 Å². The molecule has 3 aliphatic heterocycles. The topological polar surface area (TPSA) is 160 Å². The first-order chi connectivity index (χ1) is 14.5. The highest BCUT2D eigenvalue weighted by atomic mass is 16.7. The van der Waals surface area contributed by atoms with Gasteiger partial charge in [-0.15, -0.1) is 0 Å². The summed E-state index contributed by atoms with van der Waals surface area (Å²) in [5.74, 6) is -3.82. The Morgan fingerprint density at radius 3 is 2.58 bits per heavy atom. The van der Waals surface area contributed by atoms with E-state index >= 15 is 0 Å². The predicted molar refractivity (Wildman–Crippen MR) is 101 cm³/mol. The maximum atomic E-state index is 13.4. The number of hydrogen-bond donors (Lipinski definition) is 4. The summed E-state index contributed by atoms with van der Waals surface area (Å²) >= 11 is 0. The number of carbonyl (C=O) groups is 3. The van der Waals surface area contributed by atoms with Crippen LogP contribution in [-0.4, -0.2) is 81.1 Å². The molecule has 0 spiro atoms. The summed E-state index contributed by atoms with van der Waals surface area (Å²) in [5, 5.41) is 45.6.